The first kappa shape index (κ1) is 60.1. The van der Waals surface area contributed by atoms with Gasteiger partial charge in [-0.2, -0.15) is 0 Å². The summed E-state index contributed by atoms with van der Waals surface area (Å²) in [6, 6.07) is 32.8. The third-order valence-electron chi connectivity index (χ3n) is 12.0. The number of alkyl carbamates (subject to hydrolysis) is 1. The molecule has 5 aromatic rings. The summed E-state index contributed by atoms with van der Waals surface area (Å²) < 4.78 is 73.9. The smallest absolute Gasteiger partial charge is 0.407 e. The molecule has 17 heteroatoms. The van der Waals surface area contributed by atoms with Gasteiger partial charge in [-0.15, -0.1) is 0 Å². The Balaban J connectivity index is 0.941. The average molecular weight is 1070 g/mol. The lowest BCUT2D eigenvalue weighted by atomic mass is 9.94. The number of nitrogens with one attached hydrogen (secondary N) is 2. The van der Waals surface area contributed by atoms with Crippen LogP contribution in [-0.2, 0) is 60.6 Å². The minimum Gasteiger partial charge on any atom is -0.491 e. The molecule has 0 bridgehead atoms. The van der Waals surface area contributed by atoms with Crippen LogP contribution in [0.15, 0.2) is 109 Å². The Morgan fingerprint density at radius 1 is 0.701 bits per heavy atom. The largest absolute Gasteiger partial charge is 0.491 e. The van der Waals surface area contributed by atoms with Crippen LogP contribution in [0.3, 0.4) is 0 Å². The maximum absolute atomic E-state index is 14.9. The van der Waals surface area contributed by atoms with Gasteiger partial charge in [0.15, 0.2) is 5.79 Å². The molecule has 4 aromatic carbocycles. The predicted molar refractivity (Wildman–Crippen MR) is 291 cm³/mol. The Labute approximate surface area is 453 Å². The Bertz CT molecular complexity index is 2550. The number of amides is 2. The molecule has 1 aliphatic heterocycles. The summed E-state index contributed by atoms with van der Waals surface area (Å²) in [5.41, 5.74) is 5.33. The molecule has 418 valence electrons. The molecule has 1 fully saturated rings. The second-order valence-corrected chi connectivity index (χ2v) is 20.2. The van der Waals surface area contributed by atoms with Gasteiger partial charge in [0.2, 0.25) is 0 Å². The molecule has 1 saturated heterocycles. The standard InChI is InChI=1S/C60H78FN3O13/c1-43(2)55-54(53(45-16-12-9-13-17-45)56(46-18-20-47(61)21-19-46)64(55)28-26-50-40-51(76-60(6,7)75-50)41-52(65)77-59(3,4)5)57(66)63-48-22-24-49(25-23-48)73-39-38-72-37-36-71-35-34-70-33-32-69-31-30-68-29-27-62-58(67)74-42-44-14-10-8-11-15-44/h8-25,43,50-51H,26-42H2,1-7H3,(H,62,67)(H,63,66)/t50-,51-/m1/s1. The third-order valence-corrected chi connectivity index (χ3v) is 12.0. The molecule has 0 spiro atoms. The fourth-order valence-corrected chi connectivity index (χ4v) is 8.88. The highest BCUT2D eigenvalue weighted by atomic mass is 19.1. The minimum atomic E-state index is -0.947. The number of aromatic nitrogens is 1. The van der Waals surface area contributed by atoms with Crippen molar-refractivity contribution in [3.63, 3.8) is 0 Å². The second kappa shape index (κ2) is 30.7. The van der Waals surface area contributed by atoms with Gasteiger partial charge in [0.25, 0.3) is 5.91 Å². The number of hydrogen-bond acceptors (Lipinski definition) is 13. The van der Waals surface area contributed by atoms with Crippen molar-refractivity contribution in [2.75, 3.05) is 84.5 Å². The minimum absolute atomic E-state index is 0.0968. The summed E-state index contributed by atoms with van der Waals surface area (Å²) >= 11 is 0. The number of anilines is 1. The van der Waals surface area contributed by atoms with E-state index in [0.717, 1.165) is 33.6 Å². The van der Waals surface area contributed by atoms with E-state index in [0.29, 0.717) is 116 Å². The van der Waals surface area contributed by atoms with Crippen LogP contribution in [0.2, 0.25) is 0 Å². The summed E-state index contributed by atoms with van der Waals surface area (Å²) in [6.45, 7) is 18.7. The van der Waals surface area contributed by atoms with Gasteiger partial charge >= 0.3 is 12.1 Å². The topological polar surface area (TPSA) is 172 Å². The Morgan fingerprint density at radius 3 is 1.84 bits per heavy atom. The summed E-state index contributed by atoms with van der Waals surface area (Å²) in [4.78, 5) is 39.5. The van der Waals surface area contributed by atoms with Gasteiger partial charge in [0, 0.05) is 36.5 Å². The van der Waals surface area contributed by atoms with Crippen molar-refractivity contribution >= 4 is 23.7 Å². The van der Waals surface area contributed by atoms with Crippen LogP contribution in [0.5, 0.6) is 5.75 Å². The molecular weight excluding hydrogens is 990 g/mol. The number of esters is 1. The highest BCUT2D eigenvalue weighted by molar-refractivity contribution is 6.12. The van der Waals surface area contributed by atoms with E-state index in [1.807, 2.05) is 95.3 Å². The highest BCUT2D eigenvalue weighted by Crippen LogP contribution is 2.43. The van der Waals surface area contributed by atoms with Gasteiger partial charge in [-0.1, -0.05) is 74.5 Å². The van der Waals surface area contributed by atoms with E-state index in [1.54, 1.807) is 36.4 Å². The third kappa shape index (κ3) is 20.6. The van der Waals surface area contributed by atoms with Crippen LogP contribution in [-0.4, -0.2) is 125 Å². The molecule has 0 radical (unpaired) electrons. The summed E-state index contributed by atoms with van der Waals surface area (Å²) in [5.74, 6) is -1.43. The lowest BCUT2D eigenvalue weighted by Gasteiger charge is -2.41. The van der Waals surface area contributed by atoms with E-state index in [4.69, 9.17) is 47.4 Å². The predicted octanol–water partition coefficient (Wildman–Crippen LogP) is 10.8. The molecule has 1 aliphatic rings. The Hall–Kier alpha value is -6.18. The number of rotatable bonds is 31. The van der Waals surface area contributed by atoms with Gasteiger partial charge in [0.1, 0.15) is 30.4 Å². The van der Waals surface area contributed by atoms with Gasteiger partial charge in [-0.3, -0.25) is 9.59 Å². The van der Waals surface area contributed by atoms with E-state index >= 15 is 0 Å². The Kier molecular flexibility index (Phi) is 23.9. The number of carbonyl (C=O) groups excluding carboxylic acids is 3. The van der Waals surface area contributed by atoms with Crippen molar-refractivity contribution in [1.82, 2.24) is 9.88 Å². The van der Waals surface area contributed by atoms with E-state index in [9.17, 15) is 18.8 Å². The second-order valence-electron chi connectivity index (χ2n) is 20.2. The van der Waals surface area contributed by atoms with Gasteiger partial charge in [-0.05, 0) is 112 Å². The van der Waals surface area contributed by atoms with Crippen LogP contribution >= 0.6 is 0 Å². The maximum atomic E-state index is 14.9. The fraction of sp³-hybridized carbons (Fsp3) is 0.483. The van der Waals surface area contributed by atoms with Gasteiger partial charge in [0.05, 0.1) is 96.0 Å². The van der Waals surface area contributed by atoms with Crippen molar-refractivity contribution in [2.24, 2.45) is 0 Å². The quantitative estimate of drug-likeness (QED) is 0.0317. The molecule has 77 heavy (non-hydrogen) atoms. The summed E-state index contributed by atoms with van der Waals surface area (Å²) in [7, 11) is 0. The first-order chi connectivity index (χ1) is 37.0. The zero-order valence-corrected chi connectivity index (χ0v) is 45.8. The first-order valence-electron chi connectivity index (χ1n) is 26.6. The number of hydrogen-bond donors (Lipinski definition) is 2. The number of benzene rings is 4. The van der Waals surface area contributed by atoms with E-state index in [1.165, 1.54) is 12.1 Å². The summed E-state index contributed by atoms with van der Waals surface area (Å²) in [6.07, 6.45) is -0.0663. The SMILES string of the molecule is CC(C)c1c(C(=O)Nc2ccc(OCCOCCOCCOCCOCCOCCNC(=O)OCc3ccccc3)cc2)c(-c2ccccc2)c(-c2ccc(F)cc2)n1CC[C@@H]1C[C@H](CC(=O)OC(C)(C)C)OC(C)(C)O1. The molecule has 2 amide bonds. The van der Waals surface area contributed by atoms with Crippen molar-refractivity contribution < 1.29 is 66.1 Å². The molecular formula is C60H78FN3O13. The number of nitrogens with zero attached hydrogens (tertiary/aromatic N) is 1. The highest BCUT2D eigenvalue weighted by Gasteiger charge is 2.38. The van der Waals surface area contributed by atoms with Crippen molar-refractivity contribution in [3.8, 4) is 28.1 Å². The van der Waals surface area contributed by atoms with Crippen molar-refractivity contribution in [3.05, 3.63) is 132 Å². The van der Waals surface area contributed by atoms with Gasteiger partial charge < -0.3 is 62.6 Å². The molecule has 0 unspecified atom stereocenters. The van der Waals surface area contributed by atoms with Crippen LogP contribution in [0.25, 0.3) is 22.4 Å². The molecule has 2 atom stereocenters. The number of halogens is 1. The van der Waals surface area contributed by atoms with Crippen LogP contribution < -0.4 is 15.4 Å². The molecule has 1 aromatic heterocycles. The van der Waals surface area contributed by atoms with Crippen LogP contribution in [0.4, 0.5) is 14.9 Å². The lowest BCUT2D eigenvalue weighted by molar-refractivity contribution is -0.301. The molecule has 0 saturated carbocycles. The number of carbonyl (C=O) groups is 3. The molecule has 2 N–H and O–H groups in total. The zero-order chi connectivity index (χ0) is 55.0. The van der Waals surface area contributed by atoms with Crippen molar-refractivity contribution in [1.29, 1.82) is 0 Å². The van der Waals surface area contributed by atoms with Crippen molar-refractivity contribution in [2.45, 2.75) is 110 Å². The van der Waals surface area contributed by atoms with E-state index in [-0.39, 0.29) is 42.7 Å². The zero-order valence-electron chi connectivity index (χ0n) is 45.8. The lowest BCUT2D eigenvalue weighted by Crippen LogP contribution is -2.46. The molecule has 2 heterocycles. The Morgan fingerprint density at radius 2 is 1.26 bits per heavy atom. The van der Waals surface area contributed by atoms with Crippen LogP contribution in [0.1, 0.15) is 95.3 Å². The first-order valence-corrected chi connectivity index (χ1v) is 26.6. The monoisotopic (exact) mass is 1070 g/mol. The average Bonchev–Trinajstić information content (AvgIpc) is 4.00. The van der Waals surface area contributed by atoms with E-state index in [2.05, 4.69) is 29.0 Å². The molecule has 16 nitrogen and oxygen atoms in total. The normalized spacial score (nSPS) is 15.3. The van der Waals surface area contributed by atoms with E-state index < -0.39 is 23.6 Å². The fourth-order valence-electron chi connectivity index (χ4n) is 8.88. The molecule has 6 rings (SSSR count). The van der Waals surface area contributed by atoms with Gasteiger partial charge in [-0.25, -0.2) is 9.18 Å². The molecule has 0 aliphatic carbocycles. The van der Waals surface area contributed by atoms with Crippen LogP contribution in [0, 0.1) is 5.82 Å². The summed E-state index contributed by atoms with van der Waals surface area (Å²) in [5, 5.41) is 5.81. The maximum Gasteiger partial charge on any atom is 0.407 e. The number of ether oxygens (including phenoxy) is 10.